The molecule has 11 heteroatoms. The summed E-state index contributed by atoms with van der Waals surface area (Å²) >= 11 is 0. The highest BCUT2D eigenvalue weighted by Gasteiger charge is 2.35. The summed E-state index contributed by atoms with van der Waals surface area (Å²) in [6.07, 6.45) is 2.44. The van der Waals surface area contributed by atoms with Crippen LogP contribution in [-0.2, 0) is 17.9 Å². The number of likely N-dealkylation sites (N-methyl/N-ethyl adjacent to an activating group) is 1. The van der Waals surface area contributed by atoms with E-state index in [-0.39, 0.29) is 30.5 Å². The molecule has 4 rings (SSSR count). The van der Waals surface area contributed by atoms with Gasteiger partial charge in [0.1, 0.15) is 18.2 Å². The molecule has 1 atom stereocenters. The van der Waals surface area contributed by atoms with E-state index in [1.165, 1.54) is 15.9 Å². The molecule has 1 N–H and O–H groups in total. The van der Waals surface area contributed by atoms with Crippen molar-refractivity contribution in [3.05, 3.63) is 23.9 Å². The van der Waals surface area contributed by atoms with Crippen LogP contribution in [0.4, 0.5) is 14.6 Å². The highest BCUT2D eigenvalue weighted by molar-refractivity contribution is 6.00. The van der Waals surface area contributed by atoms with Gasteiger partial charge in [0.15, 0.2) is 0 Å². The summed E-state index contributed by atoms with van der Waals surface area (Å²) in [6, 6.07) is 1.11. The van der Waals surface area contributed by atoms with E-state index in [1.807, 2.05) is 13.0 Å². The molecular weight excluding hydrogens is 396 g/mol. The van der Waals surface area contributed by atoms with Gasteiger partial charge in [0, 0.05) is 39.0 Å². The standard InChI is InChI=1S/C19H25F2N7O2/c1-12-9-15-26(2)18(30)14(5-8-28(15)24-12)23-17(29)16-22-11-27(25-16)10-13-3-6-19(20,21)7-4-13/h9,11,13-14H,3-8,10H2,1-2H3,(H,23,29). The zero-order valence-electron chi connectivity index (χ0n) is 17.0. The lowest BCUT2D eigenvalue weighted by Crippen LogP contribution is -2.47. The van der Waals surface area contributed by atoms with Crippen LogP contribution in [0.3, 0.4) is 0 Å². The van der Waals surface area contributed by atoms with E-state index in [9.17, 15) is 18.4 Å². The molecule has 0 saturated heterocycles. The second-order valence-electron chi connectivity index (χ2n) is 8.17. The molecule has 0 bridgehead atoms. The molecule has 1 fully saturated rings. The van der Waals surface area contributed by atoms with Crippen LogP contribution in [-0.4, -0.2) is 55.4 Å². The normalized spacial score (nSPS) is 21.9. The number of nitrogens with zero attached hydrogens (tertiary/aromatic N) is 6. The van der Waals surface area contributed by atoms with Crippen molar-refractivity contribution >= 4 is 17.6 Å². The van der Waals surface area contributed by atoms with Gasteiger partial charge in [-0.25, -0.2) is 18.4 Å². The molecule has 1 aliphatic carbocycles. The van der Waals surface area contributed by atoms with Crippen LogP contribution in [0.15, 0.2) is 12.4 Å². The zero-order valence-corrected chi connectivity index (χ0v) is 17.0. The minimum Gasteiger partial charge on any atom is -0.337 e. The topological polar surface area (TPSA) is 97.9 Å². The SMILES string of the molecule is Cc1cc2n(n1)CCC(NC(=O)c1ncn(CC3CCC(F)(F)CC3)n1)C(=O)N2C. The average Bonchev–Trinajstić information content (AvgIpc) is 3.29. The maximum Gasteiger partial charge on any atom is 0.291 e. The highest BCUT2D eigenvalue weighted by atomic mass is 19.3. The van der Waals surface area contributed by atoms with Gasteiger partial charge in [0.25, 0.3) is 11.8 Å². The number of aryl methyl sites for hydroxylation is 2. The second-order valence-corrected chi connectivity index (χ2v) is 8.17. The first-order valence-corrected chi connectivity index (χ1v) is 10.1. The van der Waals surface area contributed by atoms with E-state index in [4.69, 9.17) is 0 Å². The number of halogens is 2. The number of amides is 2. The first kappa shape index (κ1) is 20.4. The van der Waals surface area contributed by atoms with Crippen molar-refractivity contribution < 1.29 is 18.4 Å². The zero-order chi connectivity index (χ0) is 21.5. The molecular formula is C19H25F2N7O2. The minimum atomic E-state index is -2.57. The first-order chi connectivity index (χ1) is 14.2. The van der Waals surface area contributed by atoms with Gasteiger partial charge >= 0.3 is 0 Å². The number of hydrogen-bond acceptors (Lipinski definition) is 5. The summed E-state index contributed by atoms with van der Waals surface area (Å²) in [5, 5.41) is 11.3. The van der Waals surface area contributed by atoms with E-state index >= 15 is 0 Å². The number of anilines is 1. The lowest BCUT2D eigenvalue weighted by atomic mass is 9.87. The molecule has 162 valence electrons. The van der Waals surface area contributed by atoms with Crippen molar-refractivity contribution in [2.24, 2.45) is 5.92 Å². The molecule has 1 unspecified atom stereocenters. The van der Waals surface area contributed by atoms with Crippen LogP contribution in [0.1, 0.15) is 48.4 Å². The molecule has 0 radical (unpaired) electrons. The van der Waals surface area contributed by atoms with Gasteiger partial charge in [0.2, 0.25) is 11.7 Å². The molecule has 2 aromatic rings. The van der Waals surface area contributed by atoms with Crippen LogP contribution in [0, 0.1) is 12.8 Å². The summed E-state index contributed by atoms with van der Waals surface area (Å²) in [5.74, 6) is -2.60. The number of carbonyl (C=O) groups excluding carboxylic acids is 2. The van der Waals surface area contributed by atoms with Gasteiger partial charge in [-0.2, -0.15) is 5.10 Å². The van der Waals surface area contributed by atoms with Gasteiger partial charge in [0.05, 0.1) is 5.69 Å². The summed E-state index contributed by atoms with van der Waals surface area (Å²) in [5.41, 5.74) is 0.823. The van der Waals surface area contributed by atoms with Crippen molar-refractivity contribution in [1.82, 2.24) is 29.9 Å². The minimum absolute atomic E-state index is 0.0376. The van der Waals surface area contributed by atoms with E-state index < -0.39 is 17.9 Å². The van der Waals surface area contributed by atoms with Gasteiger partial charge in [-0.05, 0) is 32.1 Å². The molecule has 2 aromatic heterocycles. The molecule has 2 amide bonds. The fourth-order valence-corrected chi connectivity index (χ4v) is 4.08. The smallest absolute Gasteiger partial charge is 0.291 e. The van der Waals surface area contributed by atoms with Crippen molar-refractivity contribution in [1.29, 1.82) is 0 Å². The Kier molecular flexibility index (Phi) is 5.29. The fourth-order valence-electron chi connectivity index (χ4n) is 4.08. The van der Waals surface area contributed by atoms with Crippen LogP contribution < -0.4 is 10.2 Å². The largest absolute Gasteiger partial charge is 0.337 e. The summed E-state index contributed by atoms with van der Waals surface area (Å²) in [6.45, 7) is 2.81. The Bertz CT molecular complexity index is 945. The van der Waals surface area contributed by atoms with Crippen LogP contribution in [0.25, 0.3) is 0 Å². The summed E-state index contributed by atoms with van der Waals surface area (Å²) < 4.78 is 29.9. The molecule has 30 heavy (non-hydrogen) atoms. The van der Waals surface area contributed by atoms with Crippen LogP contribution >= 0.6 is 0 Å². The Morgan fingerprint density at radius 1 is 1.27 bits per heavy atom. The lowest BCUT2D eigenvalue weighted by molar-refractivity contribution is -0.120. The van der Waals surface area contributed by atoms with E-state index in [2.05, 4.69) is 20.5 Å². The lowest BCUT2D eigenvalue weighted by Gasteiger charge is -2.27. The molecule has 1 aliphatic heterocycles. The number of nitrogens with one attached hydrogen (secondary N) is 1. The quantitative estimate of drug-likeness (QED) is 0.812. The number of rotatable bonds is 4. The first-order valence-electron chi connectivity index (χ1n) is 10.1. The van der Waals surface area contributed by atoms with Crippen molar-refractivity contribution in [2.45, 2.75) is 64.1 Å². The molecule has 1 saturated carbocycles. The van der Waals surface area contributed by atoms with E-state index in [0.29, 0.717) is 38.2 Å². The van der Waals surface area contributed by atoms with Crippen molar-refractivity contribution in [3.8, 4) is 0 Å². The maximum absolute atomic E-state index is 13.3. The van der Waals surface area contributed by atoms with Crippen LogP contribution in [0.5, 0.6) is 0 Å². The van der Waals surface area contributed by atoms with Gasteiger partial charge in [-0.1, -0.05) is 0 Å². The van der Waals surface area contributed by atoms with Gasteiger partial charge in [-0.15, -0.1) is 5.10 Å². The second kappa shape index (κ2) is 7.77. The van der Waals surface area contributed by atoms with Gasteiger partial charge in [-0.3, -0.25) is 19.2 Å². The number of aromatic nitrogens is 5. The fraction of sp³-hybridized carbons (Fsp3) is 0.632. The van der Waals surface area contributed by atoms with E-state index in [1.54, 1.807) is 11.7 Å². The summed E-state index contributed by atoms with van der Waals surface area (Å²) in [4.78, 5) is 30.9. The molecule has 2 aliphatic rings. The number of alkyl halides is 2. The third-order valence-electron chi connectivity index (χ3n) is 5.81. The van der Waals surface area contributed by atoms with Crippen molar-refractivity contribution in [2.75, 3.05) is 11.9 Å². The Morgan fingerprint density at radius 3 is 2.73 bits per heavy atom. The number of carbonyl (C=O) groups is 2. The molecule has 3 heterocycles. The predicted octanol–water partition coefficient (Wildman–Crippen LogP) is 1.77. The Morgan fingerprint density at radius 2 is 2.00 bits per heavy atom. The molecule has 9 nitrogen and oxygen atoms in total. The number of hydrogen-bond donors (Lipinski definition) is 1. The average molecular weight is 421 g/mol. The Hall–Kier alpha value is -2.85. The monoisotopic (exact) mass is 421 g/mol. The number of fused-ring (bicyclic) bond motifs is 1. The predicted molar refractivity (Wildman–Crippen MR) is 103 cm³/mol. The van der Waals surface area contributed by atoms with Crippen molar-refractivity contribution in [3.63, 3.8) is 0 Å². The Balaban J connectivity index is 1.36. The third kappa shape index (κ3) is 4.19. The third-order valence-corrected chi connectivity index (χ3v) is 5.81. The van der Waals surface area contributed by atoms with E-state index in [0.717, 1.165) is 5.69 Å². The molecule has 0 spiro atoms. The molecule has 0 aromatic carbocycles. The summed E-state index contributed by atoms with van der Waals surface area (Å²) in [7, 11) is 1.65. The van der Waals surface area contributed by atoms with Crippen LogP contribution in [0.2, 0.25) is 0 Å². The highest BCUT2D eigenvalue weighted by Crippen LogP contribution is 2.36. The Labute approximate surface area is 172 Å². The van der Waals surface area contributed by atoms with Gasteiger partial charge < -0.3 is 5.32 Å². The maximum atomic E-state index is 13.3.